The Bertz CT molecular complexity index is 720. The van der Waals surface area contributed by atoms with E-state index in [0.29, 0.717) is 17.8 Å². The lowest BCUT2D eigenvalue weighted by Crippen LogP contribution is -2.25. The van der Waals surface area contributed by atoms with E-state index in [1.165, 1.54) is 6.07 Å². The van der Waals surface area contributed by atoms with Gasteiger partial charge < -0.3 is 5.73 Å². The fourth-order valence-corrected chi connectivity index (χ4v) is 2.51. The molecule has 21 heavy (non-hydrogen) atoms. The quantitative estimate of drug-likeness (QED) is 0.901. The summed E-state index contributed by atoms with van der Waals surface area (Å²) in [5.74, 6) is 0.274. The molecule has 0 aromatic heterocycles. The molecule has 2 aromatic carbocycles. The van der Waals surface area contributed by atoms with Crippen molar-refractivity contribution >= 4 is 11.5 Å². The molecule has 1 aliphatic heterocycles. The smallest absolute Gasteiger partial charge is 0.126 e. The maximum absolute atomic E-state index is 13.8. The molecule has 1 heterocycles. The predicted molar refractivity (Wildman–Crippen MR) is 83.1 cm³/mol. The maximum Gasteiger partial charge on any atom is 0.126 e. The number of benzene rings is 2. The predicted octanol–water partition coefficient (Wildman–Crippen LogP) is 3.38. The van der Waals surface area contributed by atoms with Crippen molar-refractivity contribution < 1.29 is 4.39 Å². The van der Waals surface area contributed by atoms with E-state index in [4.69, 9.17) is 5.73 Å². The first-order valence-electron chi connectivity index (χ1n) is 6.86. The van der Waals surface area contributed by atoms with E-state index in [-0.39, 0.29) is 11.7 Å². The molecule has 4 heteroatoms. The Morgan fingerprint density at radius 3 is 2.57 bits per heavy atom. The lowest BCUT2D eigenvalue weighted by Gasteiger charge is -2.22. The Hall–Kier alpha value is -2.49. The molecule has 1 unspecified atom stereocenters. The summed E-state index contributed by atoms with van der Waals surface area (Å²) in [7, 11) is 0. The minimum Gasteiger partial charge on any atom is -0.386 e. The van der Waals surface area contributed by atoms with Crippen molar-refractivity contribution in [3.63, 3.8) is 0 Å². The molecule has 0 amide bonds. The van der Waals surface area contributed by atoms with Gasteiger partial charge in [-0.2, -0.15) is 5.10 Å². The van der Waals surface area contributed by atoms with Gasteiger partial charge in [-0.1, -0.05) is 42.5 Å². The fraction of sp³-hybridized carbons (Fsp3) is 0.176. The molecule has 0 fully saturated rings. The minimum atomic E-state index is -0.232. The van der Waals surface area contributed by atoms with Gasteiger partial charge in [0.05, 0.1) is 5.71 Å². The number of nitrogens with two attached hydrogens (primary N) is 1. The molecular weight excluding hydrogens is 265 g/mol. The van der Waals surface area contributed by atoms with E-state index in [1.54, 1.807) is 13.0 Å². The van der Waals surface area contributed by atoms with Crippen molar-refractivity contribution in [2.45, 2.75) is 19.3 Å². The van der Waals surface area contributed by atoms with Crippen LogP contribution in [0.15, 0.2) is 58.7 Å². The van der Waals surface area contributed by atoms with E-state index in [9.17, 15) is 4.39 Å². The molecule has 2 N–H and O–H groups in total. The van der Waals surface area contributed by atoms with Crippen LogP contribution in [0.2, 0.25) is 0 Å². The van der Waals surface area contributed by atoms with Gasteiger partial charge in [0.2, 0.25) is 0 Å². The molecular formula is C17H16FN3. The lowest BCUT2D eigenvalue weighted by molar-refractivity contribution is 0.618. The normalized spacial score (nSPS) is 18.1. The number of aryl methyl sites for hydroxylation is 1. The lowest BCUT2D eigenvalue weighted by atomic mass is 9.86. The molecule has 1 aliphatic rings. The van der Waals surface area contributed by atoms with E-state index in [2.05, 4.69) is 10.2 Å². The van der Waals surface area contributed by atoms with E-state index in [0.717, 1.165) is 16.8 Å². The van der Waals surface area contributed by atoms with Gasteiger partial charge in [-0.3, -0.25) is 0 Å². The molecule has 0 spiro atoms. The summed E-state index contributed by atoms with van der Waals surface area (Å²) in [5.41, 5.74) is 9.06. The average molecular weight is 281 g/mol. The van der Waals surface area contributed by atoms with Gasteiger partial charge in [0.15, 0.2) is 0 Å². The molecule has 0 radical (unpaired) electrons. The zero-order valence-electron chi connectivity index (χ0n) is 11.8. The summed E-state index contributed by atoms with van der Waals surface area (Å²) in [5, 5.41) is 8.20. The first kappa shape index (κ1) is 13.5. The highest BCUT2D eigenvalue weighted by Crippen LogP contribution is 2.28. The summed E-state index contributed by atoms with van der Waals surface area (Å²) < 4.78 is 13.8. The first-order chi connectivity index (χ1) is 10.1. The molecule has 106 valence electrons. The molecule has 3 nitrogen and oxygen atoms in total. The van der Waals surface area contributed by atoms with Gasteiger partial charge in [0.25, 0.3) is 0 Å². The van der Waals surface area contributed by atoms with Gasteiger partial charge in [0.1, 0.15) is 11.7 Å². The van der Waals surface area contributed by atoms with Crippen LogP contribution < -0.4 is 5.73 Å². The summed E-state index contributed by atoms with van der Waals surface area (Å²) in [6.07, 6.45) is 0.596. The third-order valence-corrected chi connectivity index (χ3v) is 3.70. The minimum absolute atomic E-state index is 0.00538. The third-order valence-electron chi connectivity index (χ3n) is 3.70. The average Bonchev–Trinajstić information content (AvgIpc) is 2.51. The monoisotopic (exact) mass is 281 g/mol. The highest BCUT2D eigenvalue weighted by atomic mass is 19.1. The number of hydrogen-bond acceptors (Lipinski definition) is 3. The van der Waals surface area contributed by atoms with Gasteiger partial charge in [-0.15, -0.1) is 5.10 Å². The van der Waals surface area contributed by atoms with Crippen molar-refractivity contribution in [2.75, 3.05) is 0 Å². The zero-order valence-corrected chi connectivity index (χ0v) is 11.8. The van der Waals surface area contributed by atoms with E-state index < -0.39 is 0 Å². The summed E-state index contributed by atoms with van der Waals surface area (Å²) in [6.45, 7) is 1.74. The van der Waals surface area contributed by atoms with E-state index >= 15 is 0 Å². The second kappa shape index (κ2) is 5.48. The summed E-state index contributed by atoms with van der Waals surface area (Å²) in [6, 6.07) is 15.1. The molecule has 3 rings (SSSR count). The van der Waals surface area contributed by atoms with Crippen LogP contribution in [0.3, 0.4) is 0 Å². The van der Waals surface area contributed by atoms with Crippen molar-refractivity contribution in [1.82, 2.24) is 0 Å². The Balaban J connectivity index is 2.06. The summed E-state index contributed by atoms with van der Waals surface area (Å²) in [4.78, 5) is 0. The number of nitrogens with zero attached hydrogens (tertiary/aromatic N) is 2. The van der Waals surface area contributed by atoms with Crippen LogP contribution in [-0.4, -0.2) is 11.5 Å². The van der Waals surface area contributed by atoms with Gasteiger partial charge >= 0.3 is 0 Å². The molecule has 1 atom stereocenters. The van der Waals surface area contributed by atoms with Gasteiger partial charge in [0, 0.05) is 17.9 Å². The highest BCUT2D eigenvalue weighted by Gasteiger charge is 2.24. The number of rotatable bonds is 2. The van der Waals surface area contributed by atoms with Crippen LogP contribution in [0.5, 0.6) is 0 Å². The SMILES string of the molecule is Cc1ccc(C2=NN=C(N)CC2c2ccccc2)cc1F. The molecule has 0 aliphatic carbocycles. The van der Waals surface area contributed by atoms with Gasteiger partial charge in [-0.25, -0.2) is 4.39 Å². The van der Waals surface area contributed by atoms with Crippen molar-refractivity contribution in [2.24, 2.45) is 15.9 Å². The van der Waals surface area contributed by atoms with Crippen LogP contribution in [0, 0.1) is 12.7 Å². The van der Waals surface area contributed by atoms with Crippen molar-refractivity contribution in [3.05, 3.63) is 71.0 Å². The van der Waals surface area contributed by atoms with Crippen molar-refractivity contribution in [3.8, 4) is 0 Å². The van der Waals surface area contributed by atoms with Gasteiger partial charge in [-0.05, 0) is 24.1 Å². The van der Waals surface area contributed by atoms with Crippen molar-refractivity contribution in [1.29, 1.82) is 0 Å². The molecule has 0 saturated carbocycles. The highest BCUT2D eigenvalue weighted by molar-refractivity contribution is 6.08. The van der Waals surface area contributed by atoms with Crippen LogP contribution in [-0.2, 0) is 0 Å². The largest absolute Gasteiger partial charge is 0.386 e. The Kier molecular flexibility index (Phi) is 3.52. The second-order valence-corrected chi connectivity index (χ2v) is 5.21. The summed E-state index contributed by atoms with van der Waals surface area (Å²) >= 11 is 0. The first-order valence-corrected chi connectivity index (χ1v) is 6.86. The van der Waals surface area contributed by atoms with Crippen LogP contribution in [0.4, 0.5) is 4.39 Å². The number of halogens is 1. The van der Waals surface area contributed by atoms with Crippen LogP contribution in [0.1, 0.15) is 29.0 Å². The van der Waals surface area contributed by atoms with Crippen LogP contribution >= 0.6 is 0 Å². The Morgan fingerprint density at radius 1 is 1.10 bits per heavy atom. The standard InChI is InChI=1S/C17H16FN3/c1-11-7-8-13(9-15(11)18)17-14(10-16(19)20-21-17)12-5-3-2-4-6-12/h2-9,14H,10H2,1H3,(H2,19,20). The Labute approximate surface area is 123 Å². The third kappa shape index (κ3) is 2.70. The molecule has 0 saturated heterocycles. The van der Waals surface area contributed by atoms with Crippen LogP contribution in [0.25, 0.3) is 0 Å². The second-order valence-electron chi connectivity index (χ2n) is 5.21. The number of amidine groups is 1. The number of hydrogen-bond donors (Lipinski definition) is 1. The molecule has 0 bridgehead atoms. The topological polar surface area (TPSA) is 50.7 Å². The Morgan fingerprint density at radius 2 is 1.86 bits per heavy atom. The van der Waals surface area contributed by atoms with E-state index in [1.807, 2.05) is 36.4 Å². The molecule has 2 aromatic rings. The maximum atomic E-state index is 13.8. The fourth-order valence-electron chi connectivity index (χ4n) is 2.51. The zero-order chi connectivity index (χ0) is 14.8.